The summed E-state index contributed by atoms with van der Waals surface area (Å²) in [5, 5.41) is 0. The molecule has 2 heteroatoms. The molecule has 0 spiro atoms. The molecule has 0 aromatic heterocycles. The van der Waals surface area contributed by atoms with Gasteiger partial charge in [-0.15, -0.1) is 0 Å². The van der Waals surface area contributed by atoms with Gasteiger partial charge in [0, 0.05) is 10.5 Å². The quantitative estimate of drug-likeness (QED) is 0.861. The molecule has 0 amide bonds. The highest BCUT2D eigenvalue weighted by Crippen LogP contribution is 2.35. The number of rotatable bonds is 2. The van der Waals surface area contributed by atoms with Gasteiger partial charge in [0.15, 0.2) is 0 Å². The summed E-state index contributed by atoms with van der Waals surface area (Å²) in [7, 11) is 0. The molecule has 0 radical (unpaired) electrons. The molecule has 2 N–H and O–H groups in total. The topological polar surface area (TPSA) is 26.0 Å². The Bertz CT molecular complexity index is 333. The molecule has 88 valence electrons. The highest BCUT2D eigenvalue weighted by atomic mass is 79.9. The van der Waals surface area contributed by atoms with Crippen LogP contribution in [0.4, 0.5) is 0 Å². The SMILES string of the molecule is CC1CCCC(C(N)c2ccc(Br)cc2)C1. The maximum Gasteiger partial charge on any atom is 0.0323 e. The first-order chi connectivity index (χ1) is 7.66. The minimum absolute atomic E-state index is 0.218. The molecule has 3 unspecified atom stereocenters. The first kappa shape index (κ1) is 12.1. The fraction of sp³-hybridized carbons (Fsp3) is 0.571. The fourth-order valence-corrected chi connectivity index (χ4v) is 3.03. The van der Waals surface area contributed by atoms with Gasteiger partial charge in [-0.25, -0.2) is 0 Å². The van der Waals surface area contributed by atoms with Gasteiger partial charge in [0.25, 0.3) is 0 Å². The van der Waals surface area contributed by atoms with Gasteiger partial charge in [-0.3, -0.25) is 0 Å². The lowest BCUT2D eigenvalue weighted by Gasteiger charge is -2.31. The van der Waals surface area contributed by atoms with Crippen molar-refractivity contribution in [2.75, 3.05) is 0 Å². The third kappa shape index (κ3) is 2.86. The van der Waals surface area contributed by atoms with Crippen LogP contribution in [0.2, 0.25) is 0 Å². The van der Waals surface area contributed by atoms with Gasteiger partial charge in [-0.1, -0.05) is 47.8 Å². The van der Waals surface area contributed by atoms with Crippen LogP contribution in [0.5, 0.6) is 0 Å². The van der Waals surface area contributed by atoms with Crippen molar-refractivity contribution in [3.63, 3.8) is 0 Å². The molecular weight excluding hydrogens is 262 g/mol. The minimum atomic E-state index is 0.218. The lowest BCUT2D eigenvalue weighted by molar-refractivity contribution is 0.248. The largest absolute Gasteiger partial charge is 0.324 e. The van der Waals surface area contributed by atoms with Crippen LogP contribution in [0.15, 0.2) is 28.7 Å². The zero-order valence-electron chi connectivity index (χ0n) is 9.83. The Kier molecular flexibility index (Phi) is 4.04. The van der Waals surface area contributed by atoms with E-state index in [1.54, 1.807) is 0 Å². The molecular formula is C14H20BrN. The van der Waals surface area contributed by atoms with Crippen molar-refractivity contribution in [1.29, 1.82) is 0 Å². The maximum atomic E-state index is 6.37. The molecule has 1 fully saturated rings. The van der Waals surface area contributed by atoms with Crippen LogP contribution < -0.4 is 5.73 Å². The van der Waals surface area contributed by atoms with Crippen LogP contribution in [-0.2, 0) is 0 Å². The molecule has 1 aromatic rings. The molecule has 1 nitrogen and oxygen atoms in total. The van der Waals surface area contributed by atoms with Crippen LogP contribution in [0.25, 0.3) is 0 Å². The van der Waals surface area contributed by atoms with E-state index in [-0.39, 0.29) is 6.04 Å². The average Bonchev–Trinajstić information content (AvgIpc) is 2.29. The molecule has 0 heterocycles. The number of nitrogens with two attached hydrogens (primary N) is 1. The summed E-state index contributed by atoms with van der Waals surface area (Å²) in [5.41, 5.74) is 7.65. The van der Waals surface area contributed by atoms with Gasteiger partial charge in [0.2, 0.25) is 0 Å². The average molecular weight is 282 g/mol. The van der Waals surface area contributed by atoms with E-state index in [0.717, 1.165) is 10.4 Å². The zero-order valence-corrected chi connectivity index (χ0v) is 11.4. The molecule has 1 saturated carbocycles. The Balaban J connectivity index is 2.06. The summed E-state index contributed by atoms with van der Waals surface area (Å²) >= 11 is 3.46. The van der Waals surface area contributed by atoms with Gasteiger partial charge >= 0.3 is 0 Å². The Hall–Kier alpha value is -0.340. The van der Waals surface area contributed by atoms with Crippen LogP contribution >= 0.6 is 15.9 Å². The van der Waals surface area contributed by atoms with Crippen LogP contribution in [0.3, 0.4) is 0 Å². The summed E-state index contributed by atoms with van der Waals surface area (Å²) in [4.78, 5) is 0. The smallest absolute Gasteiger partial charge is 0.0323 e. The van der Waals surface area contributed by atoms with E-state index in [2.05, 4.69) is 47.1 Å². The van der Waals surface area contributed by atoms with Crippen molar-refractivity contribution < 1.29 is 0 Å². The lowest BCUT2D eigenvalue weighted by Crippen LogP contribution is -2.26. The highest BCUT2D eigenvalue weighted by molar-refractivity contribution is 9.10. The monoisotopic (exact) mass is 281 g/mol. The molecule has 16 heavy (non-hydrogen) atoms. The van der Waals surface area contributed by atoms with Crippen molar-refractivity contribution in [3.05, 3.63) is 34.3 Å². The van der Waals surface area contributed by atoms with E-state index in [0.29, 0.717) is 5.92 Å². The van der Waals surface area contributed by atoms with E-state index in [1.165, 1.54) is 31.2 Å². The van der Waals surface area contributed by atoms with E-state index >= 15 is 0 Å². The standard InChI is InChI=1S/C14H20BrN/c1-10-3-2-4-12(9-10)14(16)11-5-7-13(15)8-6-11/h5-8,10,12,14H,2-4,9,16H2,1H3. The van der Waals surface area contributed by atoms with Crippen LogP contribution in [0.1, 0.15) is 44.2 Å². The molecule has 0 bridgehead atoms. The van der Waals surface area contributed by atoms with Crippen molar-refractivity contribution in [3.8, 4) is 0 Å². The molecule has 0 saturated heterocycles. The zero-order chi connectivity index (χ0) is 11.5. The predicted molar refractivity (Wildman–Crippen MR) is 72.2 cm³/mol. The van der Waals surface area contributed by atoms with Gasteiger partial charge < -0.3 is 5.73 Å². The van der Waals surface area contributed by atoms with E-state index in [9.17, 15) is 0 Å². The highest BCUT2D eigenvalue weighted by Gasteiger charge is 2.25. The first-order valence-electron chi connectivity index (χ1n) is 6.18. The molecule has 1 aliphatic carbocycles. The number of hydrogen-bond donors (Lipinski definition) is 1. The third-order valence-electron chi connectivity index (χ3n) is 3.74. The van der Waals surface area contributed by atoms with Crippen molar-refractivity contribution in [1.82, 2.24) is 0 Å². The predicted octanol–water partition coefficient (Wildman–Crippen LogP) is 4.28. The van der Waals surface area contributed by atoms with Crippen molar-refractivity contribution in [2.45, 2.75) is 38.6 Å². The number of hydrogen-bond acceptors (Lipinski definition) is 1. The summed E-state index contributed by atoms with van der Waals surface area (Å²) in [5.74, 6) is 1.52. The fourth-order valence-electron chi connectivity index (χ4n) is 2.76. The Morgan fingerprint density at radius 1 is 1.25 bits per heavy atom. The summed E-state index contributed by atoms with van der Waals surface area (Å²) in [6.07, 6.45) is 5.30. The van der Waals surface area contributed by atoms with Crippen LogP contribution in [-0.4, -0.2) is 0 Å². The summed E-state index contributed by atoms with van der Waals surface area (Å²) in [6, 6.07) is 8.68. The second-order valence-electron chi connectivity index (χ2n) is 5.11. The Labute approximate surface area is 107 Å². The molecule has 1 aromatic carbocycles. The normalized spacial score (nSPS) is 27.7. The molecule has 0 aliphatic heterocycles. The van der Waals surface area contributed by atoms with Crippen molar-refractivity contribution in [2.24, 2.45) is 17.6 Å². The second kappa shape index (κ2) is 5.33. The Morgan fingerprint density at radius 3 is 2.56 bits per heavy atom. The van der Waals surface area contributed by atoms with Gasteiger partial charge in [-0.05, 0) is 42.4 Å². The van der Waals surface area contributed by atoms with Gasteiger partial charge in [0.1, 0.15) is 0 Å². The van der Waals surface area contributed by atoms with Gasteiger partial charge in [0.05, 0.1) is 0 Å². The number of halogens is 1. The molecule has 2 rings (SSSR count). The van der Waals surface area contributed by atoms with Crippen LogP contribution in [0, 0.1) is 11.8 Å². The summed E-state index contributed by atoms with van der Waals surface area (Å²) in [6.45, 7) is 2.35. The minimum Gasteiger partial charge on any atom is -0.324 e. The van der Waals surface area contributed by atoms with E-state index in [1.807, 2.05) is 0 Å². The second-order valence-corrected chi connectivity index (χ2v) is 6.02. The lowest BCUT2D eigenvalue weighted by atomic mass is 9.77. The molecule has 3 atom stereocenters. The first-order valence-corrected chi connectivity index (χ1v) is 6.97. The third-order valence-corrected chi connectivity index (χ3v) is 4.27. The van der Waals surface area contributed by atoms with Crippen molar-refractivity contribution >= 4 is 15.9 Å². The summed E-state index contributed by atoms with van der Waals surface area (Å²) < 4.78 is 1.13. The van der Waals surface area contributed by atoms with Gasteiger partial charge in [-0.2, -0.15) is 0 Å². The number of benzene rings is 1. The van der Waals surface area contributed by atoms with E-state index < -0.39 is 0 Å². The van der Waals surface area contributed by atoms with E-state index in [4.69, 9.17) is 5.73 Å². The maximum absolute atomic E-state index is 6.37. The Morgan fingerprint density at radius 2 is 1.94 bits per heavy atom. The molecule has 1 aliphatic rings.